The van der Waals surface area contributed by atoms with Crippen molar-refractivity contribution in [2.75, 3.05) is 36.9 Å². The highest BCUT2D eigenvalue weighted by atomic mass is 16.5. The first kappa shape index (κ1) is 17.0. The molecule has 4 rings (SSSR count). The number of hydrogen-bond acceptors (Lipinski definition) is 4. The maximum atomic E-state index is 12.4. The van der Waals surface area contributed by atoms with Crippen LogP contribution in [0.25, 0.3) is 11.0 Å². The number of H-pyrrole nitrogens is 1. The summed E-state index contributed by atoms with van der Waals surface area (Å²) in [5.74, 6) is 0.117. The van der Waals surface area contributed by atoms with Gasteiger partial charge in [-0.25, -0.2) is 9.78 Å². The number of nitrogens with zero attached hydrogens (tertiary/aromatic N) is 2. The van der Waals surface area contributed by atoms with Gasteiger partial charge in [0.25, 0.3) is 5.91 Å². The van der Waals surface area contributed by atoms with Gasteiger partial charge in [-0.2, -0.15) is 0 Å². The van der Waals surface area contributed by atoms with Crippen LogP contribution in [0, 0.1) is 0 Å². The van der Waals surface area contributed by atoms with Crippen LogP contribution in [-0.2, 0) is 4.74 Å². The van der Waals surface area contributed by atoms with Crippen LogP contribution in [0.5, 0.6) is 0 Å². The molecule has 0 spiro atoms. The Bertz CT molecular complexity index is 928. The molecule has 2 aromatic carbocycles. The van der Waals surface area contributed by atoms with E-state index in [2.05, 4.69) is 20.6 Å². The third-order valence-corrected chi connectivity index (χ3v) is 4.32. The Balaban J connectivity index is 1.39. The zero-order valence-corrected chi connectivity index (χ0v) is 14.6. The smallest absolute Gasteiger partial charge is 0.321 e. The second-order valence-corrected chi connectivity index (χ2v) is 6.16. The highest BCUT2D eigenvalue weighted by molar-refractivity contribution is 6.04. The Labute approximate surface area is 155 Å². The summed E-state index contributed by atoms with van der Waals surface area (Å²) < 4.78 is 5.24. The molecule has 1 aliphatic rings. The SMILES string of the molecule is O=C(Nc1nc2ccccc2[nH]1)c1ccc(NC(=O)N2CCOCC2)cc1. The van der Waals surface area contributed by atoms with Crippen molar-refractivity contribution in [1.82, 2.24) is 14.9 Å². The van der Waals surface area contributed by atoms with Crippen molar-refractivity contribution < 1.29 is 14.3 Å². The van der Waals surface area contributed by atoms with Gasteiger partial charge in [0.05, 0.1) is 24.2 Å². The van der Waals surface area contributed by atoms with Gasteiger partial charge in [-0.3, -0.25) is 10.1 Å². The summed E-state index contributed by atoms with van der Waals surface area (Å²) in [7, 11) is 0. The fourth-order valence-corrected chi connectivity index (χ4v) is 2.87. The highest BCUT2D eigenvalue weighted by Crippen LogP contribution is 2.15. The van der Waals surface area contributed by atoms with Gasteiger partial charge in [-0.1, -0.05) is 12.1 Å². The van der Waals surface area contributed by atoms with Crippen LogP contribution in [0.2, 0.25) is 0 Å². The number of para-hydroxylation sites is 2. The van der Waals surface area contributed by atoms with Gasteiger partial charge in [-0.05, 0) is 36.4 Å². The summed E-state index contributed by atoms with van der Waals surface area (Å²) >= 11 is 0. The Kier molecular flexibility index (Phi) is 4.71. The molecule has 3 N–H and O–H groups in total. The monoisotopic (exact) mass is 365 g/mol. The van der Waals surface area contributed by atoms with Gasteiger partial charge in [0, 0.05) is 24.3 Å². The van der Waals surface area contributed by atoms with Gasteiger partial charge >= 0.3 is 6.03 Å². The van der Waals surface area contributed by atoms with Crippen LogP contribution >= 0.6 is 0 Å². The van der Waals surface area contributed by atoms with E-state index in [1.165, 1.54) is 0 Å². The minimum absolute atomic E-state index is 0.169. The third kappa shape index (κ3) is 3.90. The molecule has 0 saturated carbocycles. The lowest BCUT2D eigenvalue weighted by atomic mass is 10.2. The number of morpholine rings is 1. The molecular weight excluding hydrogens is 346 g/mol. The number of aromatic nitrogens is 2. The first-order valence-electron chi connectivity index (χ1n) is 8.69. The first-order valence-corrected chi connectivity index (χ1v) is 8.69. The number of anilines is 2. The van der Waals surface area contributed by atoms with E-state index in [1.807, 2.05) is 24.3 Å². The Morgan fingerprint density at radius 1 is 1.00 bits per heavy atom. The van der Waals surface area contributed by atoms with Crippen molar-refractivity contribution in [2.45, 2.75) is 0 Å². The number of ether oxygens (including phenoxy) is 1. The number of carbonyl (C=O) groups excluding carboxylic acids is 2. The molecule has 1 fully saturated rings. The normalized spacial score (nSPS) is 14.1. The van der Waals surface area contributed by atoms with Crippen molar-refractivity contribution in [1.29, 1.82) is 0 Å². The fraction of sp³-hybridized carbons (Fsp3) is 0.211. The fourth-order valence-electron chi connectivity index (χ4n) is 2.87. The summed E-state index contributed by atoms with van der Waals surface area (Å²) in [5, 5.41) is 5.57. The van der Waals surface area contributed by atoms with Crippen molar-refractivity contribution in [3.05, 3.63) is 54.1 Å². The Hall–Kier alpha value is -3.39. The van der Waals surface area contributed by atoms with Crippen LogP contribution in [-0.4, -0.2) is 53.1 Å². The molecular formula is C19H19N5O3. The van der Waals surface area contributed by atoms with E-state index in [9.17, 15) is 9.59 Å². The molecule has 3 amide bonds. The molecule has 8 heteroatoms. The number of fused-ring (bicyclic) bond motifs is 1. The average Bonchev–Trinajstić information content (AvgIpc) is 3.11. The quantitative estimate of drug-likeness (QED) is 0.664. The van der Waals surface area contributed by atoms with E-state index >= 15 is 0 Å². The van der Waals surface area contributed by atoms with E-state index in [-0.39, 0.29) is 11.9 Å². The van der Waals surface area contributed by atoms with Crippen molar-refractivity contribution in [3.63, 3.8) is 0 Å². The topological polar surface area (TPSA) is 99.3 Å². The molecule has 8 nitrogen and oxygen atoms in total. The zero-order valence-electron chi connectivity index (χ0n) is 14.6. The highest BCUT2D eigenvalue weighted by Gasteiger charge is 2.17. The van der Waals surface area contributed by atoms with E-state index in [0.717, 1.165) is 11.0 Å². The van der Waals surface area contributed by atoms with Crippen molar-refractivity contribution in [2.24, 2.45) is 0 Å². The minimum atomic E-state index is -0.278. The van der Waals surface area contributed by atoms with E-state index in [4.69, 9.17) is 4.74 Å². The maximum Gasteiger partial charge on any atom is 0.321 e. The molecule has 0 aliphatic carbocycles. The second-order valence-electron chi connectivity index (χ2n) is 6.16. The van der Waals surface area contributed by atoms with Gasteiger partial charge < -0.3 is 19.9 Å². The van der Waals surface area contributed by atoms with E-state index in [0.29, 0.717) is 43.5 Å². The number of carbonyl (C=O) groups is 2. The van der Waals surface area contributed by atoms with Crippen molar-refractivity contribution >= 4 is 34.6 Å². The molecule has 0 bridgehead atoms. The number of rotatable bonds is 3. The van der Waals surface area contributed by atoms with Crippen LogP contribution in [0.15, 0.2) is 48.5 Å². The number of imidazole rings is 1. The standard InChI is InChI=1S/C19H19N5O3/c25-17(23-18-21-15-3-1-2-4-16(15)22-18)13-5-7-14(8-6-13)20-19(26)24-9-11-27-12-10-24/h1-8H,9-12H2,(H,20,26)(H2,21,22,23,25). The molecule has 1 aromatic heterocycles. The molecule has 3 aromatic rings. The predicted octanol–water partition coefficient (Wildman–Crippen LogP) is 2.68. The van der Waals surface area contributed by atoms with Gasteiger partial charge in [0.2, 0.25) is 5.95 Å². The number of urea groups is 1. The van der Waals surface area contributed by atoms with E-state index in [1.54, 1.807) is 29.2 Å². The number of amides is 3. The third-order valence-electron chi connectivity index (χ3n) is 4.32. The molecule has 1 aliphatic heterocycles. The summed E-state index contributed by atoms with van der Waals surface area (Å²) in [5.41, 5.74) is 2.74. The molecule has 0 unspecified atom stereocenters. The Morgan fingerprint density at radius 2 is 1.74 bits per heavy atom. The predicted molar refractivity (Wildman–Crippen MR) is 102 cm³/mol. The number of benzene rings is 2. The van der Waals surface area contributed by atoms with Crippen LogP contribution < -0.4 is 10.6 Å². The molecule has 27 heavy (non-hydrogen) atoms. The summed E-state index contributed by atoms with van der Waals surface area (Å²) in [4.78, 5) is 33.7. The van der Waals surface area contributed by atoms with Gasteiger partial charge in [0.1, 0.15) is 0 Å². The summed E-state index contributed by atoms with van der Waals surface area (Å²) in [6.45, 7) is 2.25. The molecule has 0 radical (unpaired) electrons. The summed E-state index contributed by atoms with van der Waals surface area (Å²) in [6, 6.07) is 14.1. The lowest BCUT2D eigenvalue weighted by Gasteiger charge is -2.26. The molecule has 2 heterocycles. The minimum Gasteiger partial charge on any atom is -0.378 e. The van der Waals surface area contributed by atoms with Crippen molar-refractivity contribution in [3.8, 4) is 0 Å². The number of hydrogen-bond donors (Lipinski definition) is 3. The van der Waals surface area contributed by atoms with Crippen LogP contribution in [0.1, 0.15) is 10.4 Å². The summed E-state index contributed by atoms with van der Waals surface area (Å²) in [6.07, 6.45) is 0. The molecule has 0 atom stereocenters. The Morgan fingerprint density at radius 3 is 2.48 bits per heavy atom. The van der Waals surface area contributed by atoms with E-state index < -0.39 is 0 Å². The zero-order chi connectivity index (χ0) is 18.6. The second kappa shape index (κ2) is 7.46. The average molecular weight is 365 g/mol. The number of nitrogens with one attached hydrogen (secondary N) is 3. The van der Waals surface area contributed by atoms with Crippen LogP contribution in [0.3, 0.4) is 0 Å². The maximum absolute atomic E-state index is 12.4. The molecule has 1 saturated heterocycles. The van der Waals surface area contributed by atoms with Gasteiger partial charge in [0.15, 0.2) is 0 Å². The lowest BCUT2D eigenvalue weighted by molar-refractivity contribution is 0.0564. The largest absolute Gasteiger partial charge is 0.378 e. The number of aromatic amines is 1. The first-order chi connectivity index (χ1) is 13.2. The van der Waals surface area contributed by atoms with Crippen LogP contribution in [0.4, 0.5) is 16.4 Å². The lowest BCUT2D eigenvalue weighted by Crippen LogP contribution is -2.43. The van der Waals surface area contributed by atoms with Gasteiger partial charge in [-0.15, -0.1) is 0 Å². The molecule has 138 valence electrons.